The van der Waals surface area contributed by atoms with Gasteiger partial charge < -0.3 is 15.3 Å². The highest BCUT2D eigenvalue weighted by Crippen LogP contribution is 2.39. The Balaban J connectivity index is 0.000000645. The molecular formula is C26H34F2N2O3S. The van der Waals surface area contributed by atoms with Crippen molar-refractivity contribution in [2.45, 2.75) is 45.8 Å². The van der Waals surface area contributed by atoms with E-state index in [2.05, 4.69) is 5.32 Å². The van der Waals surface area contributed by atoms with Crippen LogP contribution in [0.4, 0.5) is 8.78 Å². The second-order valence-corrected chi connectivity index (χ2v) is 7.73. The molecule has 1 aliphatic heterocycles. The number of carbonyl (C=O) groups excluding carboxylic acids is 2. The summed E-state index contributed by atoms with van der Waals surface area (Å²) in [6.45, 7) is 5.61. The third-order valence-electron chi connectivity index (χ3n) is 5.41. The molecule has 2 N–H and O–H groups in total. The van der Waals surface area contributed by atoms with Crippen LogP contribution in [0, 0.1) is 17.6 Å². The number of hydrogen-bond donors (Lipinski definition) is 2. The second-order valence-electron chi connectivity index (χ2n) is 7.73. The third kappa shape index (κ3) is 7.67. The van der Waals surface area contributed by atoms with Gasteiger partial charge in [-0.1, -0.05) is 50.3 Å². The lowest BCUT2D eigenvalue weighted by atomic mass is 10.0. The van der Waals surface area contributed by atoms with Crippen molar-refractivity contribution in [2.24, 2.45) is 5.92 Å². The number of benzene rings is 2. The van der Waals surface area contributed by atoms with E-state index in [1.165, 1.54) is 6.92 Å². The van der Waals surface area contributed by atoms with Gasteiger partial charge in [-0.2, -0.15) is 13.5 Å². The van der Waals surface area contributed by atoms with Gasteiger partial charge in [0.2, 0.25) is 5.91 Å². The van der Waals surface area contributed by atoms with Gasteiger partial charge in [0.05, 0.1) is 6.04 Å². The number of nitrogens with one attached hydrogen (secondary N) is 1. The van der Waals surface area contributed by atoms with Crippen molar-refractivity contribution in [3.05, 3.63) is 77.4 Å². The zero-order chi connectivity index (χ0) is 24.5. The normalized spacial score (nSPS) is 17.1. The Morgan fingerprint density at radius 3 is 2.21 bits per heavy atom. The molecule has 2 aromatic carbocycles. The molecule has 0 unspecified atom stereocenters. The average molecular weight is 493 g/mol. The highest BCUT2D eigenvalue weighted by atomic mass is 32.1. The van der Waals surface area contributed by atoms with E-state index < -0.39 is 23.8 Å². The molecule has 5 nitrogen and oxygen atoms in total. The topological polar surface area (TPSA) is 69.6 Å². The molecule has 8 heteroatoms. The van der Waals surface area contributed by atoms with Gasteiger partial charge in [-0.05, 0) is 48.1 Å². The molecule has 186 valence electrons. The van der Waals surface area contributed by atoms with Gasteiger partial charge >= 0.3 is 0 Å². The molecule has 0 saturated heterocycles. The number of amides is 2. The Bertz CT molecular complexity index is 981. The van der Waals surface area contributed by atoms with Crippen molar-refractivity contribution >= 4 is 30.9 Å². The van der Waals surface area contributed by atoms with E-state index in [4.69, 9.17) is 0 Å². The Morgan fingerprint density at radius 1 is 1.09 bits per heavy atom. The second kappa shape index (κ2) is 13.9. The minimum absolute atomic E-state index is 0. The summed E-state index contributed by atoms with van der Waals surface area (Å²) in [5.41, 5.74) is 1.57. The van der Waals surface area contributed by atoms with Crippen LogP contribution in [0.25, 0.3) is 5.57 Å². The first kappa shape index (κ1) is 29.3. The zero-order valence-electron chi connectivity index (χ0n) is 20.0. The lowest BCUT2D eigenvalue weighted by molar-refractivity contribution is -0.141. The van der Waals surface area contributed by atoms with E-state index in [-0.39, 0.29) is 43.3 Å². The molecular weight excluding hydrogens is 458 g/mol. The first-order valence-corrected chi connectivity index (χ1v) is 11.2. The maximum absolute atomic E-state index is 14.2. The summed E-state index contributed by atoms with van der Waals surface area (Å²) in [7, 11) is 1.60. The molecule has 0 bridgehead atoms. The van der Waals surface area contributed by atoms with E-state index in [0.717, 1.165) is 36.6 Å². The molecule has 1 fully saturated rings. The van der Waals surface area contributed by atoms with Gasteiger partial charge in [0.1, 0.15) is 17.7 Å². The van der Waals surface area contributed by atoms with E-state index in [9.17, 15) is 23.5 Å². The highest BCUT2D eigenvalue weighted by molar-refractivity contribution is 7.59. The van der Waals surface area contributed by atoms with Gasteiger partial charge in [-0.25, -0.2) is 8.78 Å². The average Bonchev–Trinajstić information content (AvgIpc) is 3.60. The summed E-state index contributed by atoms with van der Waals surface area (Å²) >= 11 is 0. The van der Waals surface area contributed by atoms with E-state index in [0.29, 0.717) is 5.57 Å². The van der Waals surface area contributed by atoms with Crippen LogP contribution in [-0.4, -0.2) is 41.5 Å². The van der Waals surface area contributed by atoms with Crippen molar-refractivity contribution in [3.8, 4) is 0 Å². The van der Waals surface area contributed by atoms with Crippen LogP contribution >= 0.6 is 13.5 Å². The van der Waals surface area contributed by atoms with Gasteiger partial charge in [0, 0.05) is 26.1 Å². The van der Waals surface area contributed by atoms with Crippen molar-refractivity contribution in [1.29, 1.82) is 0 Å². The van der Waals surface area contributed by atoms with Gasteiger partial charge in [-0.15, -0.1) is 0 Å². The fourth-order valence-electron chi connectivity index (χ4n) is 3.46. The zero-order valence-corrected chi connectivity index (χ0v) is 21.0. The summed E-state index contributed by atoms with van der Waals surface area (Å²) in [6.07, 6.45) is 2.43. The fourth-order valence-corrected chi connectivity index (χ4v) is 3.46. The molecule has 2 atom stereocenters. The quantitative estimate of drug-likeness (QED) is 0.656. The Morgan fingerprint density at radius 2 is 1.68 bits per heavy atom. The number of rotatable bonds is 4. The summed E-state index contributed by atoms with van der Waals surface area (Å²) in [6, 6.07) is 12.3. The van der Waals surface area contributed by atoms with Crippen LogP contribution in [-0.2, 0) is 9.59 Å². The molecule has 1 heterocycles. The summed E-state index contributed by atoms with van der Waals surface area (Å²) in [5, 5.41) is 12.7. The van der Waals surface area contributed by atoms with Crippen LogP contribution < -0.4 is 5.32 Å². The number of carbonyl (C=O) groups is 2. The SMILES string of the molecule is CC.CNC(C)=O.O=C([C@@H](O)C1CC1)N1CC(c2cc(F)ccc2F)=C[C@H]1c1ccccc1.S. The molecule has 0 aromatic heterocycles. The largest absolute Gasteiger partial charge is 0.383 e. The predicted molar refractivity (Wildman–Crippen MR) is 135 cm³/mol. The third-order valence-corrected chi connectivity index (χ3v) is 5.41. The Labute approximate surface area is 207 Å². The molecule has 0 spiro atoms. The maximum atomic E-state index is 14.2. The lowest BCUT2D eigenvalue weighted by Gasteiger charge is -2.27. The monoisotopic (exact) mass is 492 g/mol. The molecule has 1 saturated carbocycles. The van der Waals surface area contributed by atoms with Crippen LogP contribution in [0.2, 0.25) is 0 Å². The number of aliphatic hydroxyl groups is 1. The number of hydrogen-bond acceptors (Lipinski definition) is 3. The van der Waals surface area contributed by atoms with Gasteiger partial charge in [-0.3, -0.25) is 9.59 Å². The molecule has 0 radical (unpaired) electrons. The number of nitrogens with zero attached hydrogens (tertiary/aromatic N) is 1. The summed E-state index contributed by atoms with van der Waals surface area (Å²) < 4.78 is 27.8. The lowest BCUT2D eigenvalue weighted by Crippen LogP contribution is -2.40. The van der Waals surface area contributed by atoms with Gasteiger partial charge in [0.25, 0.3) is 5.91 Å². The Hall–Kier alpha value is -2.71. The standard InChI is InChI=1S/C21H19F2NO2.C3H7NO.C2H6.H2S/c22-16-8-9-18(23)17(11-16)15-10-19(13-4-2-1-3-5-13)24(12-15)21(26)20(25)14-6-7-14;1-3(5)4-2;1-2;/h1-5,8-11,14,19-20,25H,6-7,12H2;1-2H3,(H,4,5);1-2H3;1H2/t19-,20-;;;/m0.../s1. The molecule has 1 aliphatic carbocycles. The molecule has 2 aliphatic rings. The summed E-state index contributed by atoms with van der Waals surface area (Å²) in [5.74, 6) is -1.40. The van der Waals surface area contributed by atoms with Crippen LogP contribution in [0.1, 0.15) is 50.8 Å². The first-order chi connectivity index (χ1) is 15.8. The fraction of sp³-hybridized carbons (Fsp3) is 0.385. The minimum Gasteiger partial charge on any atom is -0.383 e. The van der Waals surface area contributed by atoms with Crippen molar-refractivity contribution in [1.82, 2.24) is 10.2 Å². The number of aliphatic hydroxyl groups excluding tert-OH is 1. The van der Waals surface area contributed by atoms with E-state index in [1.807, 2.05) is 44.2 Å². The predicted octanol–water partition coefficient (Wildman–Crippen LogP) is 4.59. The molecule has 2 amide bonds. The van der Waals surface area contributed by atoms with Gasteiger partial charge in [0.15, 0.2) is 0 Å². The van der Waals surface area contributed by atoms with Crippen molar-refractivity contribution in [3.63, 3.8) is 0 Å². The number of halogens is 2. The maximum Gasteiger partial charge on any atom is 0.252 e. The van der Waals surface area contributed by atoms with Crippen LogP contribution in [0.5, 0.6) is 0 Å². The van der Waals surface area contributed by atoms with Crippen LogP contribution in [0.3, 0.4) is 0 Å². The molecule has 2 aromatic rings. The Kier molecular flexibility index (Phi) is 12.0. The molecule has 34 heavy (non-hydrogen) atoms. The summed E-state index contributed by atoms with van der Waals surface area (Å²) in [4.78, 5) is 24.1. The van der Waals surface area contributed by atoms with Crippen LogP contribution in [0.15, 0.2) is 54.6 Å². The van der Waals surface area contributed by atoms with Crippen molar-refractivity contribution in [2.75, 3.05) is 13.6 Å². The van der Waals surface area contributed by atoms with E-state index in [1.54, 1.807) is 18.0 Å². The van der Waals surface area contributed by atoms with E-state index >= 15 is 0 Å². The highest BCUT2D eigenvalue weighted by Gasteiger charge is 2.41. The minimum atomic E-state index is -1.04. The molecule has 4 rings (SSSR count). The first-order valence-electron chi connectivity index (χ1n) is 11.2. The smallest absolute Gasteiger partial charge is 0.252 e. The van der Waals surface area contributed by atoms with Crippen molar-refractivity contribution < 1.29 is 23.5 Å².